The zero-order valence-corrected chi connectivity index (χ0v) is 15.3. The van der Waals surface area contributed by atoms with Crippen LogP contribution in [0.5, 0.6) is 5.75 Å². The van der Waals surface area contributed by atoms with E-state index in [9.17, 15) is 8.42 Å². The zero-order chi connectivity index (χ0) is 17.7. The van der Waals surface area contributed by atoms with Crippen molar-refractivity contribution in [2.24, 2.45) is 0 Å². The normalized spacial score (nSPS) is 16.7. The Hall–Kier alpha value is -1.89. The first-order valence-corrected chi connectivity index (χ1v) is 10.1. The van der Waals surface area contributed by atoms with Gasteiger partial charge in [0.05, 0.1) is 31.1 Å². The first-order chi connectivity index (χ1) is 12.1. The molecule has 1 aliphatic rings. The van der Waals surface area contributed by atoms with E-state index in [1.54, 1.807) is 16.4 Å². The van der Waals surface area contributed by atoms with Crippen molar-refractivity contribution >= 4 is 10.0 Å². The van der Waals surface area contributed by atoms with E-state index in [0.29, 0.717) is 24.6 Å². The molecule has 6 heteroatoms. The van der Waals surface area contributed by atoms with Gasteiger partial charge in [-0.25, -0.2) is 8.42 Å². The molecular formula is C19H25N2O3S+. The van der Waals surface area contributed by atoms with E-state index in [1.807, 2.05) is 49.4 Å². The van der Waals surface area contributed by atoms with Crippen molar-refractivity contribution in [3.05, 3.63) is 60.2 Å². The molecular weight excluding hydrogens is 336 g/mol. The number of quaternary nitrogens is 1. The van der Waals surface area contributed by atoms with Crippen LogP contribution in [0.1, 0.15) is 5.56 Å². The summed E-state index contributed by atoms with van der Waals surface area (Å²) in [5.74, 6) is 0.877. The number of aryl methyl sites for hydroxylation is 1. The van der Waals surface area contributed by atoms with Gasteiger partial charge in [-0.1, -0.05) is 35.9 Å². The topological polar surface area (TPSA) is 51.0 Å². The van der Waals surface area contributed by atoms with Gasteiger partial charge in [-0.3, -0.25) is 0 Å². The van der Waals surface area contributed by atoms with Gasteiger partial charge in [-0.05, 0) is 31.2 Å². The van der Waals surface area contributed by atoms with Gasteiger partial charge in [0.2, 0.25) is 10.0 Å². The Morgan fingerprint density at radius 1 is 1.00 bits per heavy atom. The molecule has 0 saturated carbocycles. The minimum Gasteiger partial charge on any atom is -0.488 e. The number of rotatable bonds is 6. The average Bonchev–Trinajstić information content (AvgIpc) is 2.63. The highest BCUT2D eigenvalue weighted by Crippen LogP contribution is 2.16. The fraction of sp³-hybridized carbons (Fsp3) is 0.368. The lowest BCUT2D eigenvalue weighted by Crippen LogP contribution is -3.15. The lowest BCUT2D eigenvalue weighted by Gasteiger charge is -2.31. The molecule has 3 rings (SSSR count). The summed E-state index contributed by atoms with van der Waals surface area (Å²) in [6.45, 7) is 6.20. The molecule has 0 bridgehead atoms. The number of nitrogens with one attached hydrogen (secondary N) is 1. The van der Waals surface area contributed by atoms with Crippen molar-refractivity contribution in [1.82, 2.24) is 4.31 Å². The Balaban J connectivity index is 1.49. The van der Waals surface area contributed by atoms with Gasteiger partial charge >= 0.3 is 0 Å². The van der Waals surface area contributed by atoms with Crippen molar-refractivity contribution in [3.63, 3.8) is 0 Å². The highest BCUT2D eigenvalue weighted by atomic mass is 32.2. The van der Waals surface area contributed by atoms with Crippen molar-refractivity contribution in [1.29, 1.82) is 0 Å². The van der Waals surface area contributed by atoms with E-state index in [4.69, 9.17) is 4.74 Å². The molecule has 1 heterocycles. The molecule has 0 radical (unpaired) electrons. The van der Waals surface area contributed by atoms with Gasteiger partial charge in [0.25, 0.3) is 0 Å². The fourth-order valence-electron chi connectivity index (χ4n) is 2.98. The third kappa shape index (κ3) is 4.60. The van der Waals surface area contributed by atoms with Gasteiger partial charge in [0.15, 0.2) is 0 Å². The van der Waals surface area contributed by atoms with Crippen LogP contribution >= 0.6 is 0 Å². The molecule has 0 amide bonds. The summed E-state index contributed by atoms with van der Waals surface area (Å²) in [4.78, 5) is 1.76. The number of benzene rings is 2. The van der Waals surface area contributed by atoms with Crippen LogP contribution < -0.4 is 9.64 Å². The summed E-state index contributed by atoms with van der Waals surface area (Å²) < 4.78 is 32.7. The summed E-state index contributed by atoms with van der Waals surface area (Å²) in [5, 5.41) is 0. The molecule has 1 aliphatic heterocycles. The maximum atomic E-state index is 12.7. The summed E-state index contributed by atoms with van der Waals surface area (Å²) in [6.07, 6.45) is 0. The highest BCUT2D eigenvalue weighted by Gasteiger charge is 2.30. The molecule has 2 aromatic rings. The number of hydrogen-bond donors (Lipinski definition) is 1. The number of nitrogens with zero attached hydrogens (tertiary/aromatic N) is 1. The Labute approximate surface area is 149 Å². The zero-order valence-electron chi connectivity index (χ0n) is 14.5. The molecule has 1 saturated heterocycles. The van der Waals surface area contributed by atoms with Gasteiger partial charge in [-0.15, -0.1) is 0 Å². The van der Waals surface area contributed by atoms with Crippen molar-refractivity contribution < 1.29 is 18.1 Å². The van der Waals surface area contributed by atoms with Crippen LogP contribution in [-0.4, -0.2) is 52.1 Å². The maximum Gasteiger partial charge on any atom is 0.243 e. The van der Waals surface area contributed by atoms with E-state index in [1.165, 1.54) is 4.90 Å². The molecule has 0 aliphatic carbocycles. The average molecular weight is 361 g/mol. The predicted octanol–water partition coefficient (Wildman–Crippen LogP) is 0.963. The van der Waals surface area contributed by atoms with Gasteiger partial charge in [0.1, 0.15) is 18.9 Å². The molecule has 0 aromatic heterocycles. The minimum absolute atomic E-state index is 0.383. The van der Waals surface area contributed by atoms with Crippen molar-refractivity contribution in [2.75, 3.05) is 39.3 Å². The molecule has 1 fully saturated rings. The third-order valence-corrected chi connectivity index (χ3v) is 6.47. The Kier molecular flexibility index (Phi) is 5.73. The summed E-state index contributed by atoms with van der Waals surface area (Å²) in [7, 11) is -3.38. The fourth-order valence-corrected chi connectivity index (χ4v) is 4.42. The quantitative estimate of drug-likeness (QED) is 0.834. The summed E-state index contributed by atoms with van der Waals surface area (Å²) in [5.41, 5.74) is 1.06. The van der Waals surface area contributed by atoms with E-state index in [0.717, 1.165) is 30.9 Å². The van der Waals surface area contributed by atoms with E-state index < -0.39 is 10.0 Å². The number of piperazine rings is 1. The Morgan fingerprint density at radius 3 is 2.28 bits per heavy atom. The number of sulfonamides is 1. The van der Waals surface area contributed by atoms with Crippen LogP contribution in [0.4, 0.5) is 0 Å². The van der Waals surface area contributed by atoms with E-state index in [2.05, 4.69) is 0 Å². The predicted molar refractivity (Wildman–Crippen MR) is 97.4 cm³/mol. The molecule has 25 heavy (non-hydrogen) atoms. The molecule has 2 aromatic carbocycles. The van der Waals surface area contributed by atoms with E-state index >= 15 is 0 Å². The first-order valence-electron chi connectivity index (χ1n) is 8.64. The van der Waals surface area contributed by atoms with E-state index in [-0.39, 0.29) is 0 Å². The molecule has 0 unspecified atom stereocenters. The number of hydrogen-bond acceptors (Lipinski definition) is 3. The van der Waals surface area contributed by atoms with Crippen LogP contribution in [-0.2, 0) is 10.0 Å². The SMILES string of the molecule is Cc1ccc(S(=O)(=O)N2CC[NH+](CCOc3ccccc3)CC2)cc1. The number of para-hydroxylation sites is 1. The number of ether oxygens (including phenoxy) is 1. The maximum absolute atomic E-state index is 12.7. The second-order valence-corrected chi connectivity index (χ2v) is 8.32. The Morgan fingerprint density at radius 2 is 1.64 bits per heavy atom. The lowest BCUT2D eigenvalue weighted by molar-refractivity contribution is -0.903. The van der Waals surface area contributed by atoms with Crippen LogP contribution in [0, 0.1) is 6.92 Å². The molecule has 5 nitrogen and oxygen atoms in total. The highest BCUT2D eigenvalue weighted by molar-refractivity contribution is 7.89. The van der Waals surface area contributed by atoms with Crippen LogP contribution in [0.15, 0.2) is 59.5 Å². The lowest BCUT2D eigenvalue weighted by atomic mass is 10.2. The van der Waals surface area contributed by atoms with Gasteiger partial charge in [-0.2, -0.15) is 4.31 Å². The minimum atomic E-state index is -3.38. The summed E-state index contributed by atoms with van der Waals surface area (Å²) >= 11 is 0. The standard InChI is InChI=1S/C19H24N2O3S/c1-17-7-9-19(10-8-17)25(22,23)21-13-11-20(12-14-21)15-16-24-18-5-3-2-4-6-18/h2-10H,11-16H2,1H3/p+1. The molecule has 134 valence electrons. The van der Waals surface area contributed by atoms with Crippen molar-refractivity contribution in [2.45, 2.75) is 11.8 Å². The second kappa shape index (κ2) is 7.99. The van der Waals surface area contributed by atoms with Crippen LogP contribution in [0.2, 0.25) is 0 Å². The van der Waals surface area contributed by atoms with Gasteiger partial charge < -0.3 is 9.64 Å². The largest absolute Gasteiger partial charge is 0.488 e. The molecule has 0 spiro atoms. The van der Waals surface area contributed by atoms with Crippen molar-refractivity contribution in [3.8, 4) is 5.75 Å². The van der Waals surface area contributed by atoms with Crippen LogP contribution in [0.25, 0.3) is 0 Å². The monoisotopic (exact) mass is 361 g/mol. The molecule has 1 N–H and O–H groups in total. The third-order valence-electron chi connectivity index (χ3n) is 4.56. The first kappa shape index (κ1) is 17.9. The smallest absolute Gasteiger partial charge is 0.243 e. The summed E-state index contributed by atoms with van der Waals surface area (Å²) in [6, 6.07) is 16.8. The second-order valence-electron chi connectivity index (χ2n) is 6.38. The van der Waals surface area contributed by atoms with Crippen LogP contribution in [0.3, 0.4) is 0 Å². The Bertz CT molecular complexity index is 768. The molecule has 0 atom stereocenters. The van der Waals surface area contributed by atoms with Gasteiger partial charge in [0, 0.05) is 0 Å².